The van der Waals surface area contributed by atoms with Gasteiger partial charge in [0.25, 0.3) is 0 Å². The van der Waals surface area contributed by atoms with Crippen LogP contribution in [0.25, 0.3) is 0 Å². The van der Waals surface area contributed by atoms with E-state index in [0.717, 1.165) is 0 Å². The summed E-state index contributed by atoms with van der Waals surface area (Å²) in [5.74, 6) is 2.74. The molecular formula is C16H28. The highest BCUT2D eigenvalue weighted by molar-refractivity contribution is 5.27. The molecule has 0 N–H and O–H groups in total. The molecule has 0 saturated carbocycles. The van der Waals surface area contributed by atoms with E-state index in [2.05, 4.69) is 55.4 Å². The molecule has 0 fully saturated rings. The Labute approximate surface area is 102 Å². The first-order valence-electron chi connectivity index (χ1n) is 6.63. The van der Waals surface area contributed by atoms with E-state index in [1.54, 1.807) is 22.3 Å². The van der Waals surface area contributed by atoms with E-state index in [9.17, 15) is 0 Å². The SMILES string of the molecule is C/C1=C(\C)[C@H](C)[C@H](C)/C(C)=C(/C)[C@H](C)[C@@H]1C. The Balaban J connectivity index is 3.29. The molecular weight excluding hydrogens is 192 g/mol. The molecule has 0 aromatic rings. The van der Waals surface area contributed by atoms with Gasteiger partial charge in [0.15, 0.2) is 0 Å². The Bertz CT molecular complexity index is 264. The van der Waals surface area contributed by atoms with Crippen LogP contribution in [0.15, 0.2) is 22.3 Å². The van der Waals surface area contributed by atoms with Crippen LogP contribution in [-0.4, -0.2) is 0 Å². The van der Waals surface area contributed by atoms with Gasteiger partial charge in [-0.25, -0.2) is 0 Å². The number of allylic oxidation sites excluding steroid dienone is 4. The number of hydrogen-bond donors (Lipinski definition) is 0. The van der Waals surface area contributed by atoms with E-state index in [1.807, 2.05) is 0 Å². The zero-order valence-electron chi connectivity index (χ0n) is 12.3. The van der Waals surface area contributed by atoms with Crippen molar-refractivity contribution in [2.24, 2.45) is 23.7 Å². The maximum Gasteiger partial charge on any atom is -0.0169 e. The van der Waals surface area contributed by atoms with Gasteiger partial charge in [-0.05, 0) is 51.4 Å². The molecule has 0 spiro atoms. The van der Waals surface area contributed by atoms with Crippen molar-refractivity contribution in [3.63, 3.8) is 0 Å². The van der Waals surface area contributed by atoms with E-state index >= 15 is 0 Å². The van der Waals surface area contributed by atoms with Crippen LogP contribution >= 0.6 is 0 Å². The third kappa shape index (κ3) is 2.12. The van der Waals surface area contributed by atoms with Crippen LogP contribution in [0.2, 0.25) is 0 Å². The smallest absolute Gasteiger partial charge is 0.0169 e. The molecule has 0 amide bonds. The number of hydrogen-bond acceptors (Lipinski definition) is 0. The van der Waals surface area contributed by atoms with Gasteiger partial charge in [-0.15, -0.1) is 0 Å². The van der Waals surface area contributed by atoms with Crippen LogP contribution in [0.4, 0.5) is 0 Å². The van der Waals surface area contributed by atoms with Crippen molar-refractivity contribution < 1.29 is 0 Å². The molecule has 1 aliphatic rings. The van der Waals surface area contributed by atoms with E-state index in [1.165, 1.54) is 0 Å². The Morgan fingerprint density at radius 1 is 0.438 bits per heavy atom. The first-order chi connectivity index (χ1) is 7.29. The molecule has 0 aliphatic heterocycles. The molecule has 0 aromatic heterocycles. The zero-order chi connectivity index (χ0) is 12.6. The molecule has 0 bridgehead atoms. The lowest BCUT2D eigenvalue weighted by atomic mass is 9.71. The van der Waals surface area contributed by atoms with Gasteiger partial charge in [-0.1, -0.05) is 50.0 Å². The van der Waals surface area contributed by atoms with Gasteiger partial charge in [-0.3, -0.25) is 0 Å². The second-order valence-corrected chi connectivity index (χ2v) is 5.89. The molecule has 16 heavy (non-hydrogen) atoms. The van der Waals surface area contributed by atoms with Gasteiger partial charge in [0.1, 0.15) is 0 Å². The van der Waals surface area contributed by atoms with Crippen molar-refractivity contribution in [3.8, 4) is 0 Å². The van der Waals surface area contributed by atoms with Crippen LogP contribution in [-0.2, 0) is 0 Å². The summed E-state index contributed by atoms with van der Waals surface area (Å²) in [5, 5.41) is 0. The van der Waals surface area contributed by atoms with Gasteiger partial charge < -0.3 is 0 Å². The standard InChI is InChI=1S/C16H28/c1-9-10(2)12(4)14(6)16(8)15(7)13(5)11(9)3/h9-10,15-16H,1-8H3/b13-11-,14-12-/t9-,10+,15-,16+. The minimum Gasteiger partial charge on any atom is -0.0707 e. The van der Waals surface area contributed by atoms with E-state index in [4.69, 9.17) is 0 Å². The summed E-state index contributed by atoms with van der Waals surface area (Å²) in [7, 11) is 0. The molecule has 0 saturated heterocycles. The normalized spacial score (nSPS) is 46.5. The molecule has 0 nitrogen and oxygen atoms in total. The Hall–Kier alpha value is -0.520. The summed E-state index contributed by atoms with van der Waals surface area (Å²) in [4.78, 5) is 0. The summed E-state index contributed by atoms with van der Waals surface area (Å²) < 4.78 is 0. The summed E-state index contributed by atoms with van der Waals surface area (Å²) >= 11 is 0. The minimum absolute atomic E-state index is 0.685. The minimum atomic E-state index is 0.685. The molecule has 92 valence electrons. The van der Waals surface area contributed by atoms with Crippen molar-refractivity contribution in [1.82, 2.24) is 0 Å². The van der Waals surface area contributed by atoms with Gasteiger partial charge in [-0.2, -0.15) is 0 Å². The second kappa shape index (κ2) is 4.77. The van der Waals surface area contributed by atoms with E-state index < -0.39 is 0 Å². The molecule has 0 heterocycles. The van der Waals surface area contributed by atoms with Gasteiger partial charge in [0.05, 0.1) is 0 Å². The van der Waals surface area contributed by atoms with Crippen LogP contribution in [0.1, 0.15) is 55.4 Å². The third-order valence-electron chi connectivity index (χ3n) is 5.48. The predicted octanol–water partition coefficient (Wildman–Crippen LogP) is 5.22. The average molecular weight is 220 g/mol. The number of rotatable bonds is 0. The quantitative estimate of drug-likeness (QED) is 0.491. The Morgan fingerprint density at radius 3 is 0.688 bits per heavy atom. The third-order valence-corrected chi connectivity index (χ3v) is 5.48. The summed E-state index contributed by atoms with van der Waals surface area (Å²) in [5.41, 5.74) is 6.44. The maximum atomic E-state index is 2.38. The van der Waals surface area contributed by atoms with Gasteiger partial charge in [0, 0.05) is 0 Å². The van der Waals surface area contributed by atoms with Gasteiger partial charge in [0.2, 0.25) is 0 Å². The highest BCUT2D eigenvalue weighted by atomic mass is 14.3. The van der Waals surface area contributed by atoms with Crippen molar-refractivity contribution >= 4 is 0 Å². The topological polar surface area (TPSA) is 0 Å². The lowest BCUT2D eigenvalue weighted by Gasteiger charge is -2.34. The van der Waals surface area contributed by atoms with Crippen molar-refractivity contribution in [2.75, 3.05) is 0 Å². The first-order valence-corrected chi connectivity index (χ1v) is 6.63. The molecule has 0 unspecified atom stereocenters. The fraction of sp³-hybridized carbons (Fsp3) is 0.750. The molecule has 1 rings (SSSR count). The zero-order valence-corrected chi connectivity index (χ0v) is 12.3. The van der Waals surface area contributed by atoms with Crippen molar-refractivity contribution in [2.45, 2.75) is 55.4 Å². The highest BCUT2D eigenvalue weighted by Crippen LogP contribution is 2.39. The van der Waals surface area contributed by atoms with Crippen LogP contribution in [0.5, 0.6) is 0 Å². The van der Waals surface area contributed by atoms with Crippen LogP contribution < -0.4 is 0 Å². The van der Waals surface area contributed by atoms with Gasteiger partial charge >= 0.3 is 0 Å². The summed E-state index contributed by atoms with van der Waals surface area (Å²) in [6.07, 6.45) is 0. The largest absolute Gasteiger partial charge is 0.0707 e. The van der Waals surface area contributed by atoms with Crippen molar-refractivity contribution in [1.29, 1.82) is 0 Å². The lowest BCUT2D eigenvalue weighted by molar-refractivity contribution is 0.426. The monoisotopic (exact) mass is 220 g/mol. The molecule has 0 heteroatoms. The maximum absolute atomic E-state index is 2.38. The van der Waals surface area contributed by atoms with Crippen LogP contribution in [0.3, 0.4) is 0 Å². The summed E-state index contributed by atoms with van der Waals surface area (Å²) in [6, 6.07) is 0. The predicted molar refractivity (Wildman–Crippen MR) is 73.4 cm³/mol. The van der Waals surface area contributed by atoms with E-state index in [-0.39, 0.29) is 0 Å². The molecule has 0 radical (unpaired) electrons. The molecule has 1 aliphatic carbocycles. The fourth-order valence-electron chi connectivity index (χ4n) is 2.94. The average Bonchev–Trinajstić information content (AvgIpc) is 2.30. The fourth-order valence-corrected chi connectivity index (χ4v) is 2.94. The van der Waals surface area contributed by atoms with Crippen molar-refractivity contribution in [3.05, 3.63) is 22.3 Å². The molecule has 0 aromatic carbocycles. The Kier molecular flexibility index (Phi) is 4.04. The molecule has 4 atom stereocenters. The Morgan fingerprint density at radius 2 is 0.562 bits per heavy atom. The first kappa shape index (κ1) is 13.5. The second-order valence-electron chi connectivity index (χ2n) is 5.89. The summed E-state index contributed by atoms with van der Waals surface area (Å²) in [6.45, 7) is 18.8. The van der Waals surface area contributed by atoms with E-state index in [0.29, 0.717) is 23.7 Å². The highest BCUT2D eigenvalue weighted by Gasteiger charge is 2.27. The lowest BCUT2D eigenvalue weighted by Crippen LogP contribution is -2.22. The van der Waals surface area contributed by atoms with Crippen LogP contribution in [0, 0.1) is 23.7 Å².